The fourth-order valence-electron chi connectivity index (χ4n) is 2.27. The molecular formula is C20H19NSe. The summed E-state index contributed by atoms with van der Waals surface area (Å²) in [6.07, 6.45) is 0. The van der Waals surface area contributed by atoms with Crippen LogP contribution >= 0.6 is 0 Å². The molecule has 0 spiro atoms. The van der Waals surface area contributed by atoms with Crippen molar-refractivity contribution in [2.24, 2.45) is 0 Å². The summed E-state index contributed by atoms with van der Waals surface area (Å²) in [6, 6.07) is 28.0. The molecule has 0 aliphatic carbocycles. The van der Waals surface area contributed by atoms with Gasteiger partial charge in [-0.15, -0.1) is 0 Å². The molecule has 22 heavy (non-hydrogen) atoms. The Morgan fingerprint density at radius 1 is 0.818 bits per heavy atom. The van der Waals surface area contributed by atoms with Gasteiger partial charge in [0, 0.05) is 0 Å². The van der Waals surface area contributed by atoms with Gasteiger partial charge in [-0.2, -0.15) is 0 Å². The first-order valence-corrected chi connectivity index (χ1v) is 9.14. The predicted octanol–water partition coefficient (Wildman–Crippen LogP) is 3.26. The summed E-state index contributed by atoms with van der Waals surface area (Å²) >= 11 is 0.326. The summed E-state index contributed by atoms with van der Waals surface area (Å²) in [7, 11) is 0. The molecule has 0 atom stereocenters. The quantitative estimate of drug-likeness (QED) is 0.695. The van der Waals surface area contributed by atoms with E-state index >= 15 is 0 Å². The SMILES string of the molecule is Cc1ccc(NCc2ccccc2)c([Se]c2ccccc2)c1. The van der Waals surface area contributed by atoms with Crippen LogP contribution in [-0.4, -0.2) is 15.0 Å². The Kier molecular flexibility index (Phi) is 4.95. The van der Waals surface area contributed by atoms with Crippen LogP contribution in [0.3, 0.4) is 0 Å². The molecule has 0 radical (unpaired) electrons. The van der Waals surface area contributed by atoms with Crippen molar-refractivity contribution in [1.82, 2.24) is 0 Å². The van der Waals surface area contributed by atoms with Gasteiger partial charge in [0.05, 0.1) is 0 Å². The van der Waals surface area contributed by atoms with Gasteiger partial charge in [-0.1, -0.05) is 0 Å². The van der Waals surface area contributed by atoms with Crippen LogP contribution in [0.1, 0.15) is 11.1 Å². The molecule has 0 unspecified atom stereocenters. The van der Waals surface area contributed by atoms with Crippen molar-refractivity contribution in [3.05, 3.63) is 90.0 Å². The van der Waals surface area contributed by atoms with Crippen molar-refractivity contribution < 1.29 is 0 Å². The second kappa shape index (κ2) is 7.31. The first kappa shape index (κ1) is 14.9. The van der Waals surface area contributed by atoms with Gasteiger partial charge >= 0.3 is 138 Å². The fourth-order valence-corrected chi connectivity index (χ4v) is 4.46. The number of benzene rings is 3. The second-order valence-electron chi connectivity index (χ2n) is 5.25. The van der Waals surface area contributed by atoms with Gasteiger partial charge in [0.25, 0.3) is 0 Å². The van der Waals surface area contributed by atoms with Crippen molar-refractivity contribution >= 4 is 29.6 Å². The van der Waals surface area contributed by atoms with E-state index in [-0.39, 0.29) is 0 Å². The molecule has 3 aromatic rings. The van der Waals surface area contributed by atoms with E-state index in [1.807, 2.05) is 0 Å². The van der Waals surface area contributed by atoms with Gasteiger partial charge in [0.2, 0.25) is 0 Å². The van der Waals surface area contributed by atoms with E-state index in [4.69, 9.17) is 0 Å². The number of hydrogen-bond donors (Lipinski definition) is 1. The third-order valence-electron chi connectivity index (χ3n) is 3.43. The molecule has 0 heterocycles. The Morgan fingerprint density at radius 3 is 2.23 bits per heavy atom. The molecular weight excluding hydrogens is 333 g/mol. The Labute approximate surface area is 138 Å². The molecule has 2 heteroatoms. The van der Waals surface area contributed by atoms with E-state index in [0.717, 1.165) is 6.54 Å². The van der Waals surface area contributed by atoms with E-state index in [9.17, 15) is 0 Å². The molecule has 110 valence electrons. The molecule has 3 rings (SSSR count). The number of aryl methyl sites for hydroxylation is 1. The summed E-state index contributed by atoms with van der Waals surface area (Å²) in [5.74, 6) is 0. The Balaban J connectivity index is 1.78. The van der Waals surface area contributed by atoms with Crippen LogP contribution < -0.4 is 14.2 Å². The van der Waals surface area contributed by atoms with Crippen LogP contribution in [0.5, 0.6) is 0 Å². The molecule has 0 aliphatic heterocycles. The number of anilines is 1. The van der Waals surface area contributed by atoms with Crippen LogP contribution in [0.25, 0.3) is 0 Å². The van der Waals surface area contributed by atoms with E-state index in [2.05, 4.69) is 91.1 Å². The molecule has 0 saturated carbocycles. The summed E-state index contributed by atoms with van der Waals surface area (Å²) in [6.45, 7) is 3.02. The van der Waals surface area contributed by atoms with Crippen molar-refractivity contribution in [1.29, 1.82) is 0 Å². The predicted molar refractivity (Wildman–Crippen MR) is 96.4 cm³/mol. The van der Waals surface area contributed by atoms with Crippen molar-refractivity contribution in [3.63, 3.8) is 0 Å². The fraction of sp³-hybridized carbons (Fsp3) is 0.100. The molecule has 1 N–H and O–H groups in total. The Hall–Kier alpha value is -2.02. The minimum absolute atomic E-state index is 0.326. The van der Waals surface area contributed by atoms with E-state index in [1.165, 1.54) is 25.7 Å². The maximum atomic E-state index is 3.59. The zero-order valence-electron chi connectivity index (χ0n) is 12.6. The van der Waals surface area contributed by atoms with Gasteiger partial charge in [0.15, 0.2) is 0 Å². The summed E-state index contributed by atoms with van der Waals surface area (Å²) in [4.78, 5) is 0. The van der Waals surface area contributed by atoms with E-state index in [1.54, 1.807) is 0 Å². The third-order valence-corrected chi connectivity index (χ3v) is 5.67. The zero-order valence-corrected chi connectivity index (χ0v) is 14.3. The van der Waals surface area contributed by atoms with Gasteiger partial charge in [-0.05, 0) is 0 Å². The van der Waals surface area contributed by atoms with Crippen LogP contribution in [0.15, 0.2) is 78.9 Å². The summed E-state index contributed by atoms with van der Waals surface area (Å²) in [5, 5.41) is 3.59. The number of nitrogens with one attached hydrogen (secondary N) is 1. The van der Waals surface area contributed by atoms with Crippen molar-refractivity contribution in [2.75, 3.05) is 5.32 Å². The normalized spacial score (nSPS) is 10.4. The first-order chi connectivity index (χ1) is 10.8. The molecule has 0 amide bonds. The first-order valence-electron chi connectivity index (χ1n) is 7.42. The van der Waals surface area contributed by atoms with Crippen molar-refractivity contribution in [3.8, 4) is 0 Å². The number of hydrogen-bond acceptors (Lipinski definition) is 1. The van der Waals surface area contributed by atoms with Crippen LogP contribution in [0.4, 0.5) is 5.69 Å². The molecule has 0 bridgehead atoms. The van der Waals surface area contributed by atoms with Gasteiger partial charge in [-0.25, -0.2) is 0 Å². The Morgan fingerprint density at radius 2 is 1.50 bits per heavy atom. The van der Waals surface area contributed by atoms with Crippen LogP contribution in [0, 0.1) is 6.92 Å². The molecule has 0 aliphatic rings. The second-order valence-corrected chi connectivity index (χ2v) is 7.59. The van der Waals surface area contributed by atoms with E-state index in [0.29, 0.717) is 15.0 Å². The van der Waals surface area contributed by atoms with Crippen molar-refractivity contribution in [2.45, 2.75) is 13.5 Å². The summed E-state index contributed by atoms with van der Waals surface area (Å²) < 4.78 is 2.82. The number of rotatable bonds is 5. The third kappa shape index (κ3) is 4.00. The monoisotopic (exact) mass is 353 g/mol. The molecule has 0 saturated heterocycles. The maximum absolute atomic E-state index is 3.59. The van der Waals surface area contributed by atoms with Crippen LogP contribution in [0.2, 0.25) is 0 Å². The topological polar surface area (TPSA) is 12.0 Å². The summed E-state index contributed by atoms with van der Waals surface area (Å²) in [5.41, 5.74) is 3.87. The van der Waals surface area contributed by atoms with Crippen LogP contribution in [-0.2, 0) is 6.54 Å². The van der Waals surface area contributed by atoms with Gasteiger partial charge < -0.3 is 0 Å². The average molecular weight is 352 g/mol. The zero-order chi connectivity index (χ0) is 15.2. The molecule has 0 aromatic heterocycles. The standard InChI is InChI=1S/C20H19NSe/c1-16-12-13-19(21-15-17-8-4-2-5-9-17)20(14-16)22-18-10-6-3-7-11-18/h2-14,21H,15H2,1H3. The van der Waals surface area contributed by atoms with Gasteiger partial charge in [-0.3, -0.25) is 0 Å². The Bertz CT molecular complexity index is 723. The van der Waals surface area contributed by atoms with Gasteiger partial charge in [0.1, 0.15) is 0 Å². The average Bonchev–Trinajstić information content (AvgIpc) is 2.56. The molecule has 3 aromatic carbocycles. The van der Waals surface area contributed by atoms with E-state index < -0.39 is 0 Å². The molecule has 1 nitrogen and oxygen atoms in total. The molecule has 0 fully saturated rings. The minimum atomic E-state index is 0.326.